The first-order chi connectivity index (χ1) is 17.0. The molecule has 3 aliphatic rings. The van der Waals surface area contributed by atoms with Crippen molar-refractivity contribution in [3.63, 3.8) is 0 Å². The highest BCUT2D eigenvalue weighted by Gasteiger charge is 2.40. The van der Waals surface area contributed by atoms with E-state index in [0.717, 1.165) is 63.2 Å². The Morgan fingerprint density at radius 3 is 2.66 bits per heavy atom. The molecule has 0 aliphatic carbocycles. The number of piperidine rings is 1. The van der Waals surface area contributed by atoms with E-state index in [4.69, 9.17) is 9.72 Å². The molecule has 7 heteroatoms. The Kier molecular flexibility index (Phi) is 7.35. The van der Waals surface area contributed by atoms with E-state index in [1.807, 2.05) is 6.20 Å². The van der Waals surface area contributed by atoms with Crippen LogP contribution in [0.15, 0.2) is 36.5 Å². The number of hydrogen-bond acceptors (Lipinski definition) is 6. The second-order valence-electron chi connectivity index (χ2n) is 10.7. The Morgan fingerprint density at radius 1 is 1.14 bits per heavy atom. The summed E-state index contributed by atoms with van der Waals surface area (Å²) in [6.07, 6.45) is 5.60. The van der Waals surface area contributed by atoms with Crippen molar-refractivity contribution >= 4 is 11.9 Å². The van der Waals surface area contributed by atoms with Crippen LogP contribution in [0.2, 0.25) is 0 Å². The van der Waals surface area contributed by atoms with Crippen LogP contribution < -0.4 is 5.32 Å². The molecule has 2 fully saturated rings. The van der Waals surface area contributed by atoms with Gasteiger partial charge in [0.05, 0.1) is 12.2 Å². The molecule has 0 radical (unpaired) electrons. The third kappa shape index (κ3) is 5.36. The molecule has 1 aromatic heterocycles. The lowest BCUT2D eigenvalue weighted by molar-refractivity contribution is -0.141. The molecule has 1 aromatic carbocycles. The van der Waals surface area contributed by atoms with E-state index in [0.29, 0.717) is 24.6 Å². The molecule has 188 valence electrons. The maximum Gasteiger partial charge on any atom is 0.227 e. The summed E-state index contributed by atoms with van der Waals surface area (Å²) < 4.78 is 5.47. The number of rotatable bonds is 5. The number of fused-ring (bicyclic) bond motifs is 1. The first-order valence-corrected chi connectivity index (χ1v) is 13.3. The number of nitrogens with zero attached hydrogens (tertiary/aromatic N) is 4. The fourth-order valence-electron chi connectivity index (χ4n) is 5.88. The molecule has 0 unspecified atom stereocenters. The standard InChI is InChI=1S/C28H39N5O2/c1-19(2)32-12-9-24(25(17-32)21-7-5-4-6-8-21)27(34)33-18-26-22(15-20(33)3)16-29-28(31-26)30-23-10-13-35-14-11-23/h4-8,16,19-20,23-25H,9-15,17-18H2,1-3H3,(H,29,30,31)/t20-,24+,25-/m1/s1. The second kappa shape index (κ2) is 10.6. The third-order valence-corrected chi connectivity index (χ3v) is 8.08. The van der Waals surface area contributed by atoms with E-state index >= 15 is 0 Å². The molecule has 0 saturated carbocycles. The van der Waals surface area contributed by atoms with Crippen molar-refractivity contribution in [1.29, 1.82) is 0 Å². The zero-order valence-corrected chi connectivity index (χ0v) is 21.3. The van der Waals surface area contributed by atoms with Crippen molar-refractivity contribution in [1.82, 2.24) is 19.8 Å². The Morgan fingerprint density at radius 2 is 1.91 bits per heavy atom. The first-order valence-electron chi connectivity index (χ1n) is 13.3. The van der Waals surface area contributed by atoms with Gasteiger partial charge in [0.25, 0.3) is 0 Å². The maximum absolute atomic E-state index is 14.1. The molecule has 1 N–H and O–H groups in total. The van der Waals surface area contributed by atoms with Crippen molar-refractivity contribution in [2.45, 2.75) is 77.0 Å². The summed E-state index contributed by atoms with van der Waals surface area (Å²) in [5.41, 5.74) is 3.41. The molecule has 0 bridgehead atoms. The molecule has 4 heterocycles. The average molecular weight is 478 g/mol. The molecular weight excluding hydrogens is 438 g/mol. The lowest BCUT2D eigenvalue weighted by Gasteiger charge is -2.43. The number of nitrogens with one attached hydrogen (secondary N) is 1. The Balaban J connectivity index is 1.34. The zero-order valence-electron chi connectivity index (χ0n) is 21.3. The van der Waals surface area contributed by atoms with Crippen molar-refractivity contribution in [3.8, 4) is 0 Å². The summed E-state index contributed by atoms with van der Waals surface area (Å²) >= 11 is 0. The van der Waals surface area contributed by atoms with Crippen LogP contribution in [-0.2, 0) is 22.5 Å². The van der Waals surface area contributed by atoms with Crippen LogP contribution in [0.1, 0.15) is 62.8 Å². The molecule has 3 atom stereocenters. The molecule has 7 nitrogen and oxygen atoms in total. The van der Waals surface area contributed by atoms with E-state index in [2.05, 4.69) is 71.2 Å². The number of aromatic nitrogens is 2. The van der Waals surface area contributed by atoms with E-state index in [1.165, 1.54) is 5.56 Å². The topological polar surface area (TPSA) is 70.6 Å². The van der Waals surface area contributed by atoms with Gasteiger partial charge in [-0.1, -0.05) is 30.3 Å². The quantitative estimate of drug-likeness (QED) is 0.705. The fraction of sp³-hybridized carbons (Fsp3) is 0.607. The smallest absolute Gasteiger partial charge is 0.227 e. The average Bonchev–Trinajstić information content (AvgIpc) is 2.89. The summed E-state index contributed by atoms with van der Waals surface area (Å²) in [6, 6.07) is 11.6. The van der Waals surface area contributed by atoms with Gasteiger partial charge in [-0.15, -0.1) is 0 Å². The van der Waals surface area contributed by atoms with Gasteiger partial charge >= 0.3 is 0 Å². The van der Waals surface area contributed by atoms with Crippen LogP contribution in [0.5, 0.6) is 0 Å². The van der Waals surface area contributed by atoms with Crippen molar-refractivity contribution in [3.05, 3.63) is 53.3 Å². The predicted octanol–water partition coefficient (Wildman–Crippen LogP) is 3.85. The highest BCUT2D eigenvalue weighted by Crippen LogP contribution is 2.36. The molecule has 0 spiro atoms. The van der Waals surface area contributed by atoms with Crippen LogP contribution in [-0.4, -0.2) is 70.1 Å². The van der Waals surface area contributed by atoms with E-state index in [1.54, 1.807) is 0 Å². The Bertz CT molecular complexity index is 1010. The predicted molar refractivity (Wildman–Crippen MR) is 137 cm³/mol. The molecule has 2 saturated heterocycles. The highest BCUT2D eigenvalue weighted by atomic mass is 16.5. The fourth-order valence-corrected chi connectivity index (χ4v) is 5.88. The van der Waals surface area contributed by atoms with Crippen molar-refractivity contribution < 1.29 is 9.53 Å². The zero-order chi connectivity index (χ0) is 24.4. The van der Waals surface area contributed by atoms with E-state index < -0.39 is 0 Å². The van der Waals surface area contributed by atoms with Gasteiger partial charge in [0, 0.05) is 55.9 Å². The van der Waals surface area contributed by atoms with Crippen molar-refractivity contribution in [2.24, 2.45) is 5.92 Å². The molecule has 5 rings (SSSR count). The van der Waals surface area contributed by atoms with E-state index in [-0.39, 0.29) is 23.8 Å². The monoisotopic (exact) mass is 477 g/mol. The SMILES string of the molecule is CC(C)N1CC[C@H](C(=O)N2Cc3nc(NC4CCOCC4)ncc3C[C@H]2C)[C@@H](c2ccccc2)C1. The number of hydrogen-bond donors (Lipinski definition) is 1. The third-order valence-electron chi connectivity index (χ3n) is 8.08. The van der Waals surface area contributed by atoms with Gasteiger partial charge in [0.1, 0.15) is 0 Å². The number of carbonyl (C=O) groups is 1. The van der Waals surface area contributed by atoms with E-state index in [9.17, 15) is 4.79 Å². The van der Waals surface area contributed by atoms with Gasteiger partial charge in [0.2, 0.25) is 11.9 Å². The lowest BCUT2D eigenvalue weighted by Crippen LogP contribution is -2.51. The minimum Gasteiger partial charge on any atom is -0.381 e. The highest BCUT2D eigenvalue weighted by molar-refractivity contribution is 5.80. The summed E-state index contributed by atoms with van der Waals surface area (Å²) in [5, 5.41) is 3.48. The molecular formula is C28H39N5O2. The summed E-state index contributed by atoms with van der Waals surface area (Å²) in [7, 11) is 0. The number of amides is 1. The van der Waals surface area contributed by atoms with Crippen molar-refractivity contribution in [2.75, 3.05) is 31.6 Å². The first kappa shape index (κ1) is 24.2. The number of carbonyl (C=O) groups excluding carboxylic acids is 1. The number of likely N-dealkylation sites (tertiary alicyclic amines) is 1. The van der Waals surface area contributed by atoms with Crippen LogP contribution in [0, 0.1) is 5.92 Å². The second-order valence-corrected chi connectivity index (χ2v) is 10.7. The number of benzene rings is 1. The van der Waals surface area contributed by atoms with Gasteiger partial charge in [-0.05, 0) is 64.1 Å². The van der Waals surface area contributed by atoms with Gasteiger partial charge in [0.15, 0.2) is 0 Å². The van der Waals surface area contributed by atoms with Crippen LogP contribution >= 0.6 is 0 Å². The van der Waals surface area contributed by atoms with Crippen LogP contribution in [0.4, 0.5) is 5.95 Å². The molecule has 35 heavy (non-hydrogen) atoms. The molecule has 2 aromatic rings. The van der Waals surface area contributed by atoms with Gasteiger partial charge in [-0.25, -0.2) is 9.97 Å². The minimum absolute atomic E-state index is 0.00179. The summed E-state index contributed by atoms with van der Waals surface area (Å²) in [5.74, 6) is 1.16. The lowest BCUT2D eigenvalue weighted by atomic mass is 9.79. The normalized spacial score (nSPS) is 25.9. The summed E-state index contributed by atoms with van der Waals surface area (Å²) in [6.45, 7) is 10.7. The van der Waals surface area contributed by atoms with Gasteiger partial charge < -0.3 is 19.9 Å². The number of ether oxygens (including phenoxy) is 1. The Labute approximate surface area is 209 Å². The number of anilines is 1. The van der Waals surface area contributed by atoms with Gasteiger partial charge in [-0.3, -0.25) is 4.79 Å². The largest absolute Gasteiger partial charge is 0.381 e. The van der Waals surface area contributed by atoms with Crippen LogP contribution in [0.3, 0.4) is 0 Å². The maximum atomic E-state index is 14.1. The summed E-state index contributed by atoms with van der Waals surface area (Å²) in [4.78, 5) is 28.1. The Hall–Kier alpha value is -2.51. The molecule has 1 amide bonds. The van der Waals surface area contributed by atoms with Crippen LogP contribution in [0.25, 0.3) is 0 Å². The van der Waals surface area contributed by atoms with Gasteiger partial charge in [-0.2, -0.15) is 0 Å². The minimum atomic E-state index is -0.00179. The molecule has 3 aliphatic heterocycles.